The van der Waals surface area contributed by atoms with Crippen LogP contribution < -0.4 is 5.32 Å². The molecule has 1 aromatic heterocycles. The van der Waals surface area contributed by atoms with Crippen molar-refractivity contribution in [3.63, 3.8) is 0 Å². The molecule has 1 unspecified atom stereocenters. The molecule has 0 aliphatic heterocycles. The topological polar surface area (TPSA) is 62.2 Å². The van der Waals surface area contributed by atoms with Crippen LogP contribution in [0.2, 0.25) is 0 Å². The molecule has 104 valence electrons. The monoisotopic (exact) mass is 262 g/mol. The normalized spacial score (nSPS) is 21.3. The first-order valence-corrected chi connectivity index (χ1v) is 6.93. The smallest absolute Gasteiger partial charge is 0.335 e. The van der Waals surface area contributed by atoms with Gasteiger partial charge in [-0.15, -0.1) is 0 Å². The first-order chi connectivity index (χ1) is 8.92. The lowest BCUT2D eigenvalue weighted by atomic mass is 9.87. The number of aromatic carboxylic acids is 1. The Bertz CT molecular complexity index is 483. The van der Waals surface area contributed by atoms with Crippen LogP contribution in [0.5, 0.6) is 0 Å². The van der Waals surface area contributed by atoms with Gasteiger partial charge in [-0.25, -0.2) is 9.78 Å². The first-order valence-electron chi connectivity index (χ1n) is 6.93. The van der Waals surface area contributed by atoms with Crippen molar-refractivity contribution in [3.8, 4) is 0 Å². The number of nitrogens with one attached hydrogen (secondary N) is 1. The first kappa shape index (κ1) is 13.8. The van der Waals surface area contributed by atoms with E-state index in [-0.39, 0.29) is 5.41 Å². The van der Waals surface area contributed by atoms with Crippen molar-refractivity contribution in [2.45, 2.75) is 52.5 Å². The van der Waals surface area contributed by atoms with Crippen LogP contribution in [-0.2, 0) is 6.42 Å². The highest BCUT2D eigenvalue weighted by Gasteiger charge is 2.34. The summed E-state index contributed by atoms with van der Waals surface area (Å²) in [6.07, 6.45) is 4.27. The molecule has 19 heavy (non-hydrogen) atoms. The van der Waals surface area contributed by atoms with Crippen LogP contribution in [-0.4, -0.2) is 22.1 Å². The molecule has 0 aromatic carbocycles. The van der Waals surface area contributed by atoms with Gasteiger partial charge in [0.05, 0.1) is 5.56 Å². The summed E-state index contributed by atoms with van der Waals surface area (Å²) in [6, 6.07) is 3.65. The fourth-order valence-electron chi connectivity index (χ4n) is 2.74. The third kappa shape index (κ3) is 3.06. The van der Waals surface area contributed by atoms with Crippen molar-refractivity contribution >= 4 is 11.8 Å². The van der Waals surface area contributed by atoms with Crippen LogP contribution in [0.3, 0.4) is 0 Å². The van der Waals surface area contributed by atoms with E-state index in [9.17, 15) is 4.79 Å². The second-order valence-electron chi connectivity index (χ2n) is 5.97. The molecule has 0 bridgehead atoms. The molecule has 1 aliphatic rings. The van der Waals surface area contributed by atoms with E-state index < -0.39 is 5.97 Å². The number of pyridine rings is 1. The zero-order valence-corrected chi connectivity index (χ0v) is 11.9. The van der Waals surface area contributed by atoms with Gasteiger partial charge in [-0.05, 0) is 36.8 Å². The number of aromatic nitrogens is 1. The van der Waals surface area contributed by atoms with Crippen LogP contribution in [0.15, 0.2) is 12.1 Å². The summed E-state index contributed by atoms with van der Waals surface area (Å²) >= 11 is 0. The number of rotatable bonds is 4. The summed E-state index contributed by atoms with van der Waals surface area (Å²) in [5.74, 6) is -0.206. The minimum absolute atomic E-state index is 0.243. The Morgan fingerprint density at radius 3 is 2.79 bits per heavy atom. The molecule has 0 amide bonds. The molecular formula is C15H22N2O2. The number of carboxylic acid groups (broad SMARTS) is 1. The van der Waals surface area contributed by atoms with Gasteiger partial charge in [0.25, 0.3) is 0 Å². The Labute approximate surface area is 114 Å². The van der Waals surface area contributed by atoms with E-state index in [0.29, 0.717) is 17.4 Å². The van der Waals surface area contributed by atoms with Crippen LogP contribution >= 0.6 is 0 Å². The number of hydrogen-bond donors (Lipinski definition) is 2. The lowest BCUT2D eigenvalue weighted by Crippen LogP contribution is -2.31. The summed E-state index contributed by atoms with van der Waals surface area (Å²) in [5.41, 5.74) is 1.37. The lowest BCUT2D eigenvalue weighted by molar-refractivity contribution is 0.0696. The molecule has 1 aliphatic carbocycles. The number of carbonyl (C=O) groups is 1. The van der Waals surface area contributed by atoms with E-state index in [4.69, 9.17) is 5.11 Å². The molecule has 0 saturated heterocycles. The summed E-state index contributed by atoms with van der Waals surface area (Å²) in [6.45, 7) is 6.48. The van der Waals surface area contributed by atoms with Crippen molar-refractivity contribution < 1.29 is 9.90 Å². The quantitative estimate of drug-likeness (QED) is 0.873. The van der Waals surface area contributed by atoms with Crippen molar-refractivity contribution in [2.75, 3.05) is 5.32 Å². The van der Waals surface area contributed by atoms with Gasteiger partial charge in [0.2, 0.25) is 0 Å². The van der Waals surface area contributed by atoms with Crippen molar-refractivity contribution in [1.29, 1.82) is 0 Å². The molecule has 1 fully saturated rings. The SMILES string of the molecule is CCc1cc(C(=O)O)cc(NC2CCCC2(C)C)n1. The minimum atomic E-state index is -0.897. The van der Waals surface area contributed by atoms with Crippen LogP contribution in [0.1, 0.15) is 56.1 Å². The number of carboxylic acids is 1. The molecule has 1 saturated carbocycles. The predicted molar refractivity (Wildman–Crippen MR) is 75.6 cm³/mol. The Kier molecular flexibility index (Phi) is 3.78. The maximum atomic E-state index is 11.1. The molecule has 2 rings (SSSR count). The Hall–Kier alpha value is -1.58. The molecule has 0 spiro atoms. The maximum Gasteiger partial charge on any atom is 0.335 e. The fourth-order valence-corrected chi connectivity index (χ4v) is 2.74. The van der Waals surface area contributed by atoms with Gasteiger partial charge in [0.1, 0.15) is 5.82 Å². The van der Waals surface area contributed by atoms with Gasteiger partial charge in [0.15, 0.2) is 0 Å². The van der Waals surface area contributed by atoms with E-state index in [1.165, 1.54) is 12.8 Å². The summed E-state index contributed by atoms with van der Waals surface area (Å²) in [5, 5.41) is 12.6. The average molecular weight is 262 g/mol. The van der Waals surface area contributed by atoms with Crippen molar-refractivity contribution in [1.82, 2.24) is 4.98 Å². The molecule has 1 heterocycles. The predicted octanol–water partition coefficient (Wildman–Crippen LogP) is 3.33. The second-order valence-corrected chi connectivity index (χ2v) is 5.97. The highest BCUT2D eigenvalue weighted by atomic mass is 16.4. The van der Waals surface area contributed by atoms with Crippen LogP contribution in [0.4, 0.5) is 5.82 Å². The lowest BCUT2D eigenvalue weighted by Gasteiger charge is -2.28. The van der Waals surface area contributed by atoms with E-state index in [2.05, 4.69) is 24.1 Å². The van der Waals surface area contributed by atoms with Gasteiger partial charge in [-0.2, -0.15) is 0 Å². The Balaban J connectivity index is 2.24. The highest BCUT2D eigenvalue weighted by Crippen LogP contribution is 2.38. The van der Waals surface area contributed by atoms with Crippen molar-refractivity contribution in [2.24, 2.45) is 5.41 Å². The fraction of sp³-hybridized carbons (Fsp3) is 0.600. The van der Waals surface area contributed by atoms with Crippen LogP contribution in [0.25, 0.3) is 0 Å². The molecule has 1 atom stereocenters. The number of nitrogens with zero attached hydrogens (tertiary/aromatic N) is 1. The van der Waals surface area contributed by atoms with Gasteiger partial charge >= 0.3 is 5.97 Å². The maximum absolute atomic E-state index is 11.1. The zero-order valence-electron chi connectivity index (χ0n) is 11.9. The molecule has 4 nitrogen and oxygen atoms in total. The minimum Gasteiger partial charge on any atom is -0.478 e. The third-order valence-corrected chi connectivity index (χ3v) is 4.07. The molecule has 1 aromatic rings. The van der Waals surface area contributed by atoms with E-state index >= 15 is 0 Å². The van der Waals surface area contributed by atoms with Crippen molar-refractivity contribution in [3.05, 3.63) is 23.4 Å². The second kappa shape index (κ2) is 5.19. The van der Waals surface area contributed by atoms with Gasteiger partial charge in [0, 0.05) is 11.7 Å². The molecule has 4 heteroatoms. The third-order valence-electron chi connectivity index (χ3n) is 4.07. The van der Waals surface area contributed by atoms with Gasteiger partial charge in [-0.1, -0.05) is 27.2 Å². The standard InChI is InChI=1S/C15H22N2O2/c1-4-11-8-10(14(18)19)9-13(16-11)17-12-6-5-7-15(12,2)3/h8-9,12H,4-7H2,1-3H3,(H,16,17)(H,18,19). The van der Waals surface area contributed by atoms with E-state index in [1.54, 1.807) is 12.1 Å². The van der Waals surface area contributed by atoms with Gasteiger partial charge < -0.3 is 10.4 Å². The highest BCUT2D eigenvalue weighted by molar-refractivity contribution is 5.88. The zero-order chi connectivity index (χ0) is 14.0. The molecule has 0 radical (unpaired) electrons. The number of aryl methyl sites for hydroxylation is 1. The largest absolute Gasteiger partial charge is 0.478 e. The average Bonchev–Trinajstić information content (AvgIpc) is 2.68. The van der Waals surface area contributed by atoms with E-state index in [1.807, 2.05) is 6.92 Å². The Morgan fingerprint density at radius 2 is 2.26 bits per heavy atom. The van der Waals surface area contributed by atoms with E-state index in [0.717, 1.165) is 18.5 Å². The summed E-state index contributed by atoms with van der Waals surface area (Å²) < 4.78 is 0. The number of hydrogen-bond acceptors (Lipinski definition) is 3. The number of anilines is 1. The summed E-state index contributed by atoms with van der Waals surface area (Å²) in [4.78, 5) is 15.6. The molecular weight excluding hydrogens is 240 g/mol. The Morgan fingerprint density at radius 1 is 1.53 bits per heavy atom. The van der Waals surface area contributed by atoms with Gasteiger partial charge in [-0.3, -0.25) is 0 Å². The molecule has 2 N–H and O–H groups in total. The van der Waals surface area contributed by atoms with Crippen LogP contribution in [0, 0.1) is 5.41 Å². The summed E-state index contributed by atoms with van der Waals surface area (Å²) in [7, 11) is 0.